The molecular formula is C9H9BrF3NO2. The zero-order chi connectivity index (χ0) is 12.5. The number of rotatable bonds is 2. The average Bonchev–Trinajstić information content (AvgIpc) is 2.08. The first-order valence-corrected chi connectivity index (χ1v) is 5.13. The van der Waals surface area contributed by atoms with Crippen molar-refractivity contribution in [3.05, 3.63) is 32.7 Å². The second-order valence-electron chi connectivity index (χ2n) is 3.21. The Kier molecular flexibility index (Phi) is 3.80. The molecule has 7 heteroatoms. The third-order valence-electron chi connectivity index (χ3n) is 1.92. The van der Waals surface area contributed by atoms with Crippen LogP contribution in [-0.2, 0) is 4.74 Å². The first-order chi connectivity index (χ1) is 7.20. The third-order valence-corrected chi connectivity index (χ3v) is 2.75. The van der Waals surface area contributed by atoms with Crippen molar-refractivity contribution in [1.82, 2.24) is 4.57 Å². The predicted octanol–water partition coefficient (Wildman–Crippen LogP) is 2.97. The lowest BCUT2D eigenvalue weighted by atomic mass is 10.3. The van der Waals surface area contributed by atoms with Gasteiger partial charge in [0.25, 0.3) is 5.56 Å². The van der Waals surface area contributed by atoms with Gasteiger partial charge in [-0.3, -0.25) is 14.1 Å². The lowest BCUT2D eigenvalue weighted by Crippen LogP contribution is -2.28. The highest BCUT2D eigenvalue weighted by atomic mass is 79.9. The Balaban J connectivity index is 3.05. The number of nitrogens with zero attached hydrogens (tertiary/aromatic N) is 1. The molecule has 3 nitrogen and oxygen atoms in total. The fourth-order valence-electron chi connectivity index (χ4n) is 1.15. The summed E-state index contributed by atoms with van der Waals surface area (Å²) in [5, 5.41) is 0. The molecule has 0 aliphatic rings. The van der Waals surface area contributed by atoms with Crippen LogP contribution in [0.25, 0.3) is 0 Å². The van der Waals surface area contributed by atoms with Gasteiger partial charge in [0, 0.05) is 16.7 Å². The van der Waals surface area contributed by atoms with Gasteiger partial charge in [0.2, 0.25) is 0 Å². The number of aryl methyl sites for hydroxylation is 1. The van der Waals surface area contributed by atoms with E-state index in [2.05, 4.69) is 20.7 Å². The maximum Gasteiger partial charge on any atom is 0.524 e. The van der Waals surface area contributed by atoms with Crippen molar-refractivity contribution in [2.24, 2.45) is 0 Å². The smallest absolute Gasteiger partial charge is 0.288 e. The van der Waals surface area contributed by atoms with E-state index >= 15 is 0 Å². The second-order valence-corrected chi connectivity index (χ2v) is 4.07. The Morgan fingerprint density at radius 2 is 2.06 bits per heavy atom. The lowest BCUT2D eigenvalue weighted by molar-refractivity contribution is -0.352. The van der Waals surface area contributed by atoms with Gasteiger partial charge in [-0.05, 0) is 35.3 Å². The fourth-order valence-corrected chi connectivity index (χ4v) is 1.49. The van der Waals surface area contributed by atoms with Crippen molar-refractivity contribution >= 4 is 15.9 Å². The molecule has 0 amide bonds. The summed E-state index contributed by atoms with van der Waals surface area (Å²) < 4.78 is 41.0. The van der Waals surface area contributed by atoms with Gasteiger partial charge in [0.05, 0.1) is 0 Å². The van der Waals surface area contributed by atoms with E-state index in [-0.39, 0.29) is 0 Å². The van der Waals surface area contributed by atoms with Crippen LogP contribution in [0, 0.1) is 6.92 Å². The molecule has 0 spiro atoms. The monoisotopic (exact) mass is 299 g/mol. The maximum absolute atomic E-state index is 12.0. The van der Waals surface area contributed by atoms with Crippen LogP contribution in [0.15, 0.2) is 21.5 Å². The van der Waals surface area contributed by atoms with Crippen LogP contribution in [0.4, 0.5) is 13.2 Å². The zero-order valence-corrected chi connectivity index (χ0v) is 10.1. The molecule has 0 saturated carbocycles. The van der Waals surface area contributed by atoms with E-state index in [1.54, 1.807) is 6.92 Å². The van der Waals surface area contributed by atoms with Crippen LogP contribution in [0.3, 0.4) is 0 Å². The standard InChI is InChI=1S/C9H9BrF3NO2/c1-5-3-8(15)14(4-7(5)10)6(2)16-9(11,12)13/h3-4,6H,1-2H3. The Morgan fingerprint density at radius 1 is 1.50 bits per heavy atom. The molecule has 1 aromatic rings. The summed E-state index contributed by atoms with van der Waals surface area (Å²) in [6.07, 6.45) is -4.89. The highest BCUT2D eigenvalue weighted by Crippen LogP contribution is 2.24. The van der Waals surface area contributed by atoms with Crippen molar-refractivity contribution in [2.75, 3.05) is 0 Å². The molecule has 1 heterocycles. The van der Waals surface area contributed by atoms with Gasteiger partial charge in [-0.2, -0.15) is 0 Å². The summed E-state index contributed by atoms with van der Waals surface area (Å²) in [4.78, 5) is 11.4. The van der Waals surface area contributed by atoms with E-state index in [4.69, 9.17) is 0 Å². The minimum atomic E-state index is -4.77. The SMILES string of the molecule is Cc1cc(=O)n(C(C)OC(F)(F)F)cc1Br. The average molecular weight is 300 g/mol. The molecule has 0 radical (unpaired) electrons. The Hall–Kier alpha value is -0.820. The summed E-state index contributed by atoms with van der Waals surface area (Å²) in [5.74, 6) is 0. The van der Waals surface area contributed by atoms with Crippen molar-refractivity contribution in [1.29, 1.82) is 0 Å². The van der Waals surface area contributed by atoms with E-state index in [1.165, 1.54) is 12.3 Å². The summed E-state index contributed by atoms with van der Waals surface area (Å²) in [6, 6.07) is 1.24. The minimum absolute atomic E-state index is 0.544. The second kappa shape index (κ2) is 4.58. The molecule has 16 heavy (non-hydrogen) atoms. The molecule has 0 N–H and O–H groups in total. The van der Waals surface area contributed by atoms with E-state index in [0.717, 1.165) is 11.5 Å². The third kappa shape index (κ3) is 3.34. The summed E-state index contributed by atoms with van der Waals surface area (Å²) >= 11 is 3.13. The number of ether oxygens (including phenoxy) is 1. The predicted molar refractivity (Wildman–Crippen MR) is 55.0 cm³/mol. The Labute approximate surface area is 98.0 Å². The van der Waals surface area contributed by atoms with Gasteiger partial charge in [0.1, 0.15) is 6.23 Å². The van der Waals surface area contributed by atoms with Gasteiger partial charge in [-0.25, -0.2) is 0 Å². The summed E-state index contributed by atoms with van der Waals surface area (Å²) in [7, 11) is 0. The van der Waals surface area contributed by atoms with Crippen LogP contribution >= 0.6 is 15.9 Å². The minimum Gasteiger partial charge on any atom is -0.288 e. The molecule has 1 aromatic heterocycles. The van der Waals surface area contributed by atoms with Crippen LogP contribution in [0.2, 0.25) is 0 Å². The van der Waals surface area contributed by atoms with Gasteiger partial charge >= 0.3 is 6.36 Å². The van der Waals surface area contributed by atoms with E-state index in [9.17, 15) is 18.0 Å². The fraction of sp³-hybridized carbons (Fsp3) is 0.444. The topological polar surface area (TPSA) is 31.2 Å². The van der Waals surface area contributed by atoms with E-state index in [1.807, 2.05) is 0 Å². The Morgan fingerprint density at radius 3 is 2.56 bits per heavy atom. The highest BCUT2D eigenvalue weighted by Gasteiger charge is 2.32. The molecule has 0 bridgehead atoms. The number of aromatic nitrogens is 1. The van der Waals surface area contributed by atoms with Gasteiger partial charge in [-0.1, -0.05) is 0 Å². The van der Waals surface area contributed by atoms with Crippen LogP contribution in [0.1, 0.15) is 18.7 Å². The molecule has 0 fully saturated rings. The number of alkyl halides is 3. The number of pyridine rings is 1. The Bertz CT molecular complexity index is 441. The number of halogens is 4. The van der Waals surface area contributed by atoms with Crippen LogP contribution in [0.5, 0.6) is 0 Å². The molecule has 0 aliphatic carbocycles. The van der Waals surface area contributed by atoms with Crippen molar-refractivity contribution in [3.63, 3.8) is 0 Å². The molecule has 1 unspecified atom stereocenters. The molecule has 1 rings (SSSR count). The first-order valence-electron chi connectivity index (χ1n) is 4.33. The van der Waals surface area contributed by atoms with E-state index < -0.39 is 18.1 Å². The van der Waals surface area contributed by atoms with Crippen molar-refractivity contribution in [3.8, 4) is 0 Å². The molecule has 0 aromatic carbocycles. The lowest BCUT2D eigenvalue weighted by Gasteiger charge is -2.18. The molecular weight excluding hydrogens is 291 g/mol. The normalized spacial score (nSPS) is 13.9. The molecule has 90 valence electrons. The maximum atomic E-state index is 12.0. The molecule has 1 atom stereocenters. The van der Waals surface area contributed by atoms with Gasteiger partial charge in [-0.15, -0.1) is 13.2 Å². The first kappa shape index (κ1) is 13.2. The summed E-state index contributed by atoms with van der Waals surface area (Å²) in [6.45, 7) is 2.82. The van der Waals surface area contributed by atoms with Crippen LogP contribution in [-0.4, -0.2) is 10.9 Å². The van der Waals surface area contributed by atoms with Crippen molar-refractivity contribution in [2.45, 2.75) is 26.4 Å². The molecule has 0 aliphatic heterocycles. The van der Waals surface area contributed by atoms with E-state index in [0.29, 0.717) is 10.0 Å². The quantitative estimate of drug-likeness (QED) is 0.841. The van der Waals surface area contributed by atoms with Gasteiger partial charge in [0.15, 0.2) is 0 Å². The summed E-state index contributed by atoms with van der Waals surface area (Å²) in [5.41, 5.74) is 0.109. The number of hydrogen-bond donors (Lipinski definition) is 0. The highest BCUT2D eigenvalue weighted by molar-refractivity contribution is 9.10. The van der Waals surface area contributed by atoms with Crippen molar-refractivity contribution < 1.29 is 17.9 Å². The largest absolute Gasteiger partial charge is 0.524 e. The zero-order valence-electron chi connectivity index (χ0n) is 8.51. The number of hydrogen-bond acceptors (Lipinski definition) is 2. The van der Waals surface area contributed by atoms with Gasteiger partial charge < -0.3 is 0 Å². The molecule has 0 saturated heterocycles. The van der Waals surface area contributed by atoms with Crippen LogP contribution < -0.4 is 5.56 Å².